The van der Waals surface area contributed by atoms with Gasteiger partial charge in [0.15, 0.2) is 11.6 Å². The second-order valence-electron chi connectivity index (χ2n) is 6.71. The summed E-state index contributed by atoms with van der Waals surface area (Å²) in [5, 5.41) is 15.0. The molecule has 0 radical (unpaired) electrons. The molecular weight excluding hydrogens is 309 g/mol. The Morgan fingerprint density at radius 1 is 1.25 bits per heavy atom. The summed E-state index contributed by atoms with van der Waals surface area (Å²) >= 11 is 0. The summed E-state index contributed by atoms with van der Waals surface area (Å²) < 4.78 is 15.2. The van der Waals surface area contributed by atoms with Gasteiger partial charge in [-0.3, -0.25) is 4.90 Å². The van der Waals surface area contributed by atoms with Crippen molar-refractivity contribution in [3.63, 3.8) is 0 Å². The van der Waals surface area contributed by atoms with Crippen LogP contribution in [-0.2, 0) is 12.8 Å². The van der Waals surface area contributed by atoms with E-state index in [1.165, 1.54) is 23.0 Å². The van der Waals surface area contributed by atoms with Crippen LogP contribution in [0.4, 0.5) is 4.39 Å². The molecule has 24 heavy (non-hydrogen) atoms. The Balaban J connectivity index is 1.59. The highest BCUT2D eigenvalue weighted by molar-refractivity contribution is 5.39. The fourth-order valence-electron chi connectivity index (χ4n) is 3.72. The molecule has 1 unspecified atom stereocenters. The van der Waals surface area contributed by atoms with Crippen LogP contribution < -0.4 is 0 Å². The van der Waals surface area contributed by atoms with Gasteiger partial charge in [0.05, 0.1) is 5.69 Å². The Bertz CT molecular complexity index is 739. The molecule has 1 N–H and O–H groups in total. The largest absolute Gasteiger partial charge is 0.493 e. The fraction of sp³-hybridized carbons (Fsp3) is 0.529. The number of likely N-dealkylation sites (N-methyl/N-ethyl adjacent to an activating group) is 1. The summed E-state index contributed by atoms with van der Waals surface area (Å²) in [6.45, 7) is 4.27. The zero-order valence-corrected chi connectivity index (χ0v) is 13.8. The molecule has 6 nitrogen and oxygen atoms in total. The first-order chi connectivity index (χ1) is 11.6. The summed E-state index contributed by atoms with van der Waals surface area (Å²) in [4.78, 5) is 8.86. The van der Waals surface area contributed by atoms with E-state index in [1.54, 1.807) is 0 Å². The molecule has 1 atom stereocenters. The van der Waals surface area contributed by atoms with Crippen molar-refractivity contribution in [3.8, 4) is 11.7 Å². The summed E-state index contributed by atoms with van der Waals surface area (Å²) in [5.74, 6) is -0.398. The third kappa shape index (κ3) is 2.67. The van der Waals surface area contributed by atoms with Crippen molar-refractivity contribution in [2.24, 2.45) is 0 Å². The van der Waals surface area contributed by atoms with Gasteiger partial charge in [-0.1, -0.05) is 0 Å². The summed E-state index contributed by atoms with van der Waals surface area (Å²) in [5.41, 5.74) is 1.71. The molecule has 3 heterocycles. The van der Waals surface area contributed by atoms with Gasteiger partial charge >= 0.3 is 0 Å². The average molecular weight is 331 g/mol. The van der Waals surface area contributed by atoms with E-state index >= 15 is 0 Å². The van der Waals surface area contributed by atoms with Crippen LogP contribution in [0.2, 0.25) is 0 Å². The van der Waals surface area contributed by atoms with Gasteiger partial charge in [-0.2, -0.15) is 9.78 Å². The lowest BCUT2D eigenvalue weighted by molar-refractivity contribution is 0.103. The van der Waals surface area contributed by atoms with Gasteiger partial charge in [0.2, 0.25) is 5.88 Å². The van der Waals surface area contributed by atoms with Crippen molar-refractivity contribution < 1.29 is 9.50 Å². The van der Waals surface area contributed by atoms with Crippen LogP contribution in [0.25, 0.3) is 5.82 Å². The number of aryl methyl sites for hydroxylation is 1. The van der Waals surface area contributed by atoms with Crippen molar-refractivity contribution in [3.05, 3.63) is 35.4 Å². The third-order valence-electron chi connectivity index (χ3n) is 5.19. The quantitative estimate of drug-likeness (QED) is 0.897. The molecule has 4 rings (SSSR count). The monoisotopic (exact) mass is 331 g/mol. The minimum absolute atomic E-state index is 0.0291. The SMILES string of the molecule is CN1CCN(C2CCc3nn(-c4ncccc4F)c(O)c3C2)CC1. The highest BCUT2D eigenvalue weighted by Gasteiger charge is 2.31. The molecule has 2 aromatic heterocycles. The maximum Gasteiger partial charge on any atom is 0.219 e. The van der Waals surface area contributed by atoms with E-state index < -0.39 is 5.82 Å². The number of nitrogens with zero attached hydrogens (tertiary/aromatic N) is 5. The van der Waals surface area contributed by atoms with E-state index in [-0.39, 0.29) is 11.7 Å². The molecule has 0 amide bonds. The first-order valence-electron chi connectivity index (χ1n) is 8.46. The Labute approximate surface area is 140 Å². The van der Waals surface area contributed by atoms with E-state index in [2.05, 4.69) is 26.9 Å². The molecular formula is C17H22FN5O. The van der Waals surface area contributed by atoms with Gasteiger partial charge in [-0.15, -0.1) is 0 Å². The van der Waals surface area contributed by atoms with Gasteiger partial charge in [0.1, 0.15) is 0 Å². The Kier molecular flexibility index (Phi) is 3.97. The van der Waals surface area contributed by atoms with Crippen molar-refractivity contribution in [1.29, 1.82) is 0 Å². The van der Waals surface area contributed by atoms with Crippen LogP contribution in [0.3, 0.4) is 0 Å². The smallest absolute Gasteiger partial charge is 0.219 e. The number of hydrogen-bond donors (Lipinski definition) is 1. The van der Waals surface area contributed by atoms with Crippen molar-refractivity contribution >= 4 is 0 Å². The highest BCUT2D eigenvalue weighted by Crippen LogP contribution is 2.32. The van der Waals surface area contributed by atoms with Crippen LogP contribution >= 0.6 is 0 Å². The summed E-state index contributed by atoms with van der Waals surface area (Å²) in [7, 11) is 2.15. The molecule has 1 aliphatic carbocycles. The second kappa shape index (κ2) is 6.14. The number of fused-ring (bicyclic) bond motifs is 1. The van der Waals surface area contributed by atoms with Gasteiger partial charge in [0, 0.05) is 44.0 Å². The fourth-order valence-corrected chi connectivity index (χ4v) is 3.72. The van der Waals surface area contributed by atoms with Crippen molar-refractivity contribution in [1.82, 2.24) is 24.6 Å². The minimum atomic E-state index is -0.483. The van der Waals surface area contributed by atoms with E-state index in [1.807, 2.05) is 0 Å². The van der Waals surface area contributed by atoms with E-state index in [0.29, 0.717) is 6.04 Å². The minimum Gasteiger partial charge on any atom is -0.493 e. The number of pyridine rings is 1. The van der Waals surface area contributed by atoms with E-state index in [0.717, 1.165) is 56.7 Å². The van der Waals surface area contributed by atoms with Crippen LogP contribution in [0.15, 0.2) is 18.3 Å². The lowest BCUT2D eigenvalue weighted by Crippen LogP contribution is -2.50. The Morgan fingerprint density at radius 3 is 2.79 bits per heavy atom. The number of piperazine rings is 1. The Hall–Kier alpha value is -1.99. The van der Waals surface area contributed by atoms with Gasteiger partial charge in [-0.05, 0) is 38.4 Å². The maximum absolute atomic E-state index is 14.0. The lowest BCUT2D eigenvalue weighted by Gasteiger charge is -2.39. The van der Waals surface area contributed by atoms with Crippen molar-refractivity contribution in [2.45, 2.75) is 25.3 Å². The number of aromatic nitrogens is 3. The maximum atomic E-state index is 14.0. The molecule has 0 bridgehead atoms. The van der Waals surface area contributed by atoms with E-state index in [4.69, 9.17) is 0 Å². The standard InChI is InChI=1S/C17H22FN5O/c1-21-7-9-22(10-8-21)12-4-5-15-13(11-12)17(24)23(20-15)16-14(18)3-2-6-19-16/h2-3,6,12,24H,4-5,7-11H2,1H3. The molecule has 2 aliphatic rings. The number of halogens is 1. The number of aromatic hydroxyl groups is 1. The predicted octanol–water partition coefficient (Wildman–Crippen LogP) is 1.22. The molecule has 1 fully saturated rings. The molecule has 7 heteroatoms. The normalized spacial score (nSPS) is 22.5. The highest BCUT2D eigenvalue weighted by atomic mass is 19.1. The third-order valence-corrected chi connectivity index (χ3v) is 5.19. The summed E-state index contributed by atoms with van der Waals surface area (Å²) in [6.07, 6.45) is 4.10. The van der Waals surface area contributed by atoms with Crippen LogP contribution in [0, 0.1) is 5.82 Å². The predicted molar refractivity (Wildman–Crippen MR) is 87.9 cm³/mol. The topological polar surface area (TPSA) is 57.4 Å². The molecule has 0 aromatic carbocycles. The molecule has 0 saturated carbocycles. The molecule has 128 valence electrons. The molecule has 1 aliphatic heterocycles. The molecule has 1 saturated heterocycles. The first kappa shape index (κ1) is 15.5. The number of hydrogen-bond acceptors (Lipinski definition) is 5. The first-order valence-corrected chi connectivity index (χ1v) is 8.46. The van der Waals surface area contributed by atoms with Gasteiger partial charge in [0.25, 0.3) is 0 Å². The second-order valence-corrected chi connectivity index (χ2v) is 6.71. The number of rotatable bonds is 2. The van der Waals surface area contributed by atoms with Crippen molar-refractivity contribution in [2.75, 3.05) is 33.2 Å². The van der Waals surface area contributed by atoms with Gasteiger partial charge < -0.3 is 10.0 Å². The average Bonchev–Trinajstić information content (AvgIpc) is 2.92. The van der Waals surface area contributed by atoms with Crippen LogP contribution in [0.5, 0.6) is 5.88 Å². The zero-order chi connectivity index (χ0) is 16.7. The molecule has 2 aromatic rings. The van der Waals surface area contributed by atoms with Gasteiger partial charge in [-0.25, -0.2) is 9.37 Å². The lowest BCUT2D eigenvalue weighted by atomic mass is 9.91. The van der Waals surface area contributed by atoms with Crippen LogP contribution in [-0.4, -0.2) is 68.9 Å². The van der Waals surface area contributed by atoms with E-state index in [9.17, 15) is 9.50 Å². The molecule has 0 spiro atoms. The Morgan fingerprint density at radius 2 is 2.04 bits per heavy atom. The summed E-state index contributed by atoms with van der Waals surface area (Å²) in [6, 6.07) is 3.28. The van der Waals surface area contributed by atoms with Crippen LogP contribution in [0.1, 0.15) is 17.7 Å². The zero-order valence-electron chi connectivity index (χ0n) is 13.8.